The number of anilines is 3. The van der Waals surface area contributed by atoms with Gasteiger partial charge in [-0.3, -0.25) is 13.8 Å². The van der Waals surface area contributed by atoms with Crippen molar-refractivity contribution in [2.45, 2.75) is 23.6 Å². The molecule has 0 spiro atoms. The van der Waals surface area contributed by atoms with Crippen molar-refractivity contribution in [3.8, 4) is 11.5 Å². The van der Waals surface area contributed by atoms with Crippen molar-refractivity contribution in [3.63, 3.8) is 0 Å². The third-order valence-electron chi connectivity index (χ3n) is 6.10. The highest BCUT2D eigenvalue weighted by Gasteiger charge is 2.27. The first kappa shape index (κ1) is 30.4. The zero-order valence-electron chi connectivity index (χ0n) is 23.3. The minimum absolute atomic E-state index is 0.0268. The van der Waals surface area contributed by atoms with Crippen molar-refractivity contribution in [2.75, 3.05) is 34.6 Å². The van der Waals surface area contributed by atoms with Crippen LogP contribution >= 0.6 is 0 Å². The second-order valence-corrected chi connectivity index (χ2v) is 12.7. The fraction of sp³-hybridized carbons (Fsp3) is 0.167. The van der Waals surface area contributed by atoms with Gasteiger partial charge in [0.1, 0.15) is 18.0 Å². The molecule has 0 radical (unpaired) electrons. The fourth-order valence-electron chi connectivity index (χ4n) is 4.06. The zero-order chi connectivity index (χ0) is 30.3. The summed E-state index contributed by atoms with van der Waals surface area (Å²) < 4.78 is 67.3. The lowest BCUT2D eigenvalue weighted by molar-refractivity contribution is -0.114. The van der Waals surface area contributed by atoms with Crippen LogP contribution in [0.3, 0.4) is 0 Å². The van der Waals surface area contributed by atoms with Gasteiger partial charge in [-0.2, -0.15) is 0 Å². The van der Waals surface area contributed by atoms with Gasteiger partial charge in [0.15, 0.2) is 0 Å². The molecule has 0 saturated heterocycles. The molecule has 2 N–H and O–H groups in total. The molecular formula is C30H31N3O7S2. The van der Waals surface area contributed by atoms with E-state index in [9.17, 15) is 21.6 Å². The predicted octanol–water partition coefficient (Wildman–Crippen LogP) is 5.04. The molecule has 220 valence electrons. The van der Waals surface area contributed by atoms with Gasteiger partial charge < -0.3 is 14.8 Å². The van der Waals surface area contributed by atoms with E-state index < -0.39 is 32.5 Å². The van der Waals surface area contributed by atoms with E-state index in [0.717, 1.165) is 9.87 Å². The average Bonchev–Trinajstić information content (AvgIpc) is 2.97. The summed E-state index contributed by atoms with van der Waals surface area (Å²) in [5.74, 6) is 0.311. The van der Waals surface area contributed by atoms with Crippen molar-refractivity contribution in [2.24, 2.45) is 0 Å². The van der Waals surface area contributed by atoms with Crippen LogP contribution in [0, 0.1) is 6.92 Å². The van der Waals surface area contributed by atoms with Crippen LogP contribution in [0.15, 0.2) is 107 Å². The maximum Gasteiger partial charge on any atom is 0.264 e. The number of benzene rings is 4. The van der Waals surface area contributed by atoms with Gasteiger partial charge in [-0.15, -0.1) is 0 Å². The summed E-state index contributed by atoms with van der Waals surface area (Å²) in [5, 5.41) is 2.65. The highest BCUT2D eigenvalue weighted by atomic mass is 32.2. The maximum atomic E-state index is 13.5. The molecule has 0 fully saturated rings. The van der Waals surface area contributed by atoms with Crippen LogP contribution in [-0.2, 0) is 24.8 Å². The average molecular weight is 610 g/mol. The number of hydrogen-bond acceptors (Lipinski definition) is 7. The third kappa shape index (κ3) is 7.20. The molecule has 4 aromatic rings. The van der Waals surface area contributed by atoms with Gasteiger partial charge in [0.2, 0.25) is 5.91 Å². The van der Waals surface area contributed by atoms with Crippen LogP contribution in [0.4, 0.5) is 17.1 Å². The topological polar surface area (TPSA) is 131 Å². The Bertz CT molecular complexity index is 1740. The predicted molar refractivity (Wildman–Crippen MR) is 162 cm³/mol. The Labute approximate surface area is 246 Å². The second-order valence-electron chi connectivity index (χ2n) is 9.13. The van der Waals surface area contributed by atoms with Crippen LogP contribution < -0.4 is 23.8 Å². The molecule has 4 aromatic carbocycles. The largest absolute Gasteiger partial charge is 0.495 e. The van der Waals surface area contributed by atoms with E-state index in [1.165, 1.54) is 43.5 Å². The number of amides is 1. The van der Waals surface area contributed by atoms with Crippen molar-refractivity contribution in [1.29, 1.82) is 0 Å². The molecule has 10 nitrogen and oxygen atoms in total. The molecule has 0 aliphatic carbocycles. The summed E-state index contributed by atoms with van der Waals surface area (Å²) in [6, 6.07) is 24.8. The van der Waals surface area contributed by atoms with E-state index in [1.54, 1.807) is 60.7 Å². The van der Waals surface area contributed by atoms with Gasteiger partial charge in [-0.25, -0.2) is 16.8 Å². The number of nitrogens with one attached hydrogen (secondary N) is 2. The molecule has 42 heavy (non-hydrogen) atoms. The SMILES string of the molecule is CCOc1ccc(N(CC(=O)Nc2ccc(S(=O)(=O)Nc3cc(C)ccc3OC)cc2)S(=O)(=O)c2ccccc2)cc1. The van der Waals surface area contributed by atoms with E-state index in [4.69, 9.17) is 9.47 Å². The number of aryl methyl sites for hydroxylation is 1. The first-order valence-electron chi connectivity index (χ1n) is 12.9. The summed E-state index contributed by atoms with van der Waals surface area (Å²) in [5.41, 5.74) is 1.70. The monoisotopic (exact) mass is 609 g/mol. The summed E-state index contributed by atoms with van der Waals surface area (Å²) in [7, 11) is -6.61. The van der Waals surface area contributed by atoms with E-state index in [0.29, 0.717) is 23.8 Å². The highest BCUT2D eigenvalue weighted by Crippen LogP contribution is 2.29. The molecule has 0 heterocycles. The number of rotatable bonds is 12. The summed E-state index contributed by atoms with van der Waals surface area (Å²) in [6.45, 7) is 3.59. The number of carbonyl (C=O) groups is 1. The quantitative estimate of drug-likeness (QED) is 0.230. The lowest BCUT2D eigenvalue weighted by atomic mass is 10.2. The maximum absolute atomic E-state index is 13.5. The van der Waals surface area contributed by atoms with Crippen molar-refractivity contribution in [3.05, 3.63) is 103 Å². The Kier molecular flexibility index (Phi) is 9.38. The molecule has 1 amide bonds. The van der Waals surface area contributed by atoms with Gasteiger partial charge in [0.25, 0.3) is 20.0 Å². The van der Waals surface area contributed by atoms with E-state index in [2.05, 4.69) is 10.0 Å². The van der Waals surface area contributed by atoms with Crippen molar-refractivity contribution < 1.29 is 31.1 Å². The third-order valence-corrected chi connectivity index (χ3v) is 9.27. The standard InChI is InChI=1S/C30H31N3O7S2/c1-4-40-25-15-13-24(14-16-25)33(42(37,38)27-8-6-5-7-9-27)21-30(34)31-23-11-17-26(18-12-23)41(35,36)32-28-20-22(2)10-19-29(28)39-3/h5-20,32H,4,21H2,1-3H3,(H,31,34). The molecule has 0 unspecified atom stereocenters. The Morgan fingerprint density at radius 1 is 0.833 bits per heavy atom. The minimum Gasteiger partial charge on any atom is -0.495 e. The molecule has 0 atom stereocenters. The zero-order valence-corrected chi connectivity index (χ0v) is 24.9. The molecule has 0 aliphatic rings. The first-order valence-corrected chi connectivity index (χ1v) is 15.8. The van der Waals surface area contributed by atoms with Gasteiger partial charge >= 0.3 is 0 Å². The van der Waals surface area contributed by atoms with Gasteiger partial charge in [-0.1, -0.05) is 24.3 Å². The molecule has 4 rings (SSSR count). The molecule has 0 aliphatic heterocycles. The number of nitrogens with zero attached hydrogens (tertiary/aromatic N) is 1. The Balaban J connectivity index is 1.53. The number of hydrogen-bond donors (Lipinski definition) is 2. The van der Waals surface area contributed by atoms with Gasteiger partial charge in [0.05, 0.1) is 34.9 Å². The van der Waals surface area contributed by atoms with Crippen LogP contribution in [-0.4, -0.2) is 43.0 Å². The molecule has 0 aromatic heterocycles. The van der Waals surface area contributed by atoms with Gasteiger partial charge in [-0.05, 0) is 92.2 Å². The molecular weight excluding hydrogens is 578 g/mol. The number of carbonyl (C=O) groups excluding carboxylic acids is 1. The number of methoxy groups -OCH3 is 1. The van der Waals surface area contributed by atoms with E-state index in [1.807, 2.05) is 13.8 Å². The molecule has 12 heteroatoms. The molecule has 0 saturated carbocycles. The highest BCUT2D eigenvalue weighted by molar-refractivity contribution is 7.93. The first-order chi connectivity index (χ1) is 20.0. The van der Waals surface area contributed by atoms with Crippen LogP contribution in [0.1, 0.15) is 12.5 Å². The van der Waals surface area contributed by atoms with Crippen molar-refractivity contribution >= 4 is 43.0 Å². The van der Waals surface area contributed by atoms with Crippen molar-refractivity contribution in [1.82, 2.24) is 0 Å². The van der Waals surface area contributed by atoms with Crippen LogP contribution in [0.2, 0.25) is 0 Å². The van der Waals surface area contributed by atoms with Crippen LogP contribution in [0.25, 0.3) is 0 Å². The lowest BCUT2D eigenvalue weighted by Gasteiger charge is -2.24. The Hall–Kier alpha value is -4.55. The second kappa shape index (κ2) is 13.0. The van der Waals surface area contributed by atoms with E-state index in [-0.39, 0.29) is 21.2 Å². The smallest absolute Gasteiger partial charge is 0.264 e. The van der Waals surface area contributed by atoms with Crippen LogP contribution in [0.5, 0.6) is 11.5 Å². The number of sulfonamides is 2. The lowest BCUT2D eigenvalue weighted by Crippen LogP contribution is -2.38. The fourth-order valence-corrected chi connectivity index (χ4v) is 6.57. The summed E-state index contributed by atoms with van der Waals surface area (Å²) in [6.07, 6.45) is 0. The minimum atomic E-state index is -4.10. The summed E-state index contributed by atoms with van der Waals surface area (Å²) in [4.78, 5) is 13.1. The summed E-state index contributed by atoms with van der Waals surface area (Å²) >= 11 is 0. The molecule has 0 bridgehead atoms. The Morgan fingerprint density at radius 2 is 1.50 bits per heavy atom. The Morgan fingerprint density at radius 3 is 2.12 bits per heavy atom. The van der Waals surface area contributed by atoms with Gasteiger partial charge in [0, 0.05) is 5.69 Å². The normalized spacial score (nSPS) is 11.4. The number of ether oxygens (including phenoxy) is 2. The van der Waals surface area contributed by atoms with E-state index >= 15 is 0 Å².